The fourth-order valence-electron chi connectivity index (χ4n) is 2.48. The molecule has 0 bridgehead atoms. The summed E-state index contributed by atoms with van der Waals surface area (Å²) in [7, 11) is 0. The number of anilines is 1. The van der Waals surface area contributed by atoms with E-state index in [0.29, 0.717) is 5.69 Å². The van der Waals surface area contributed by atoms with Crippen LogP contribution in [0.25, 0.3) is 0 Å². The lowest BCUT2D eigenvalue weighted by molar-refractivity contribution is -0.383. The van der Waals surface area contributed by atoms with Crippen LogP contribution in [0.5, 0.6) is 0 Å². The molecular formula is C13H18ClN3O2. The molecule has 6 heteroatoms. The van der Waals surface area contributed by atoms with Gasteiger partial charge in [-0.15, -0.1) is 0 Å². The molecule has 1 aromatic carbocycles. The molecule has 0 radical (unpaired) electrons. The molecule has 1 unspecified atom stereocenters. The number of para-hydroxylation sites is 1. The minimum absolute atomic E-state index is 0.0440. The van der Waals surface area contributed by atoms with Crippen molar-refractivity contribution < 1.29 is 4.92 Å². The summed E-state index contributed by atoms with van der Waals surface area (Å²) in [5.41, 5.74) is 0.446. The Morgan fingerprint density at radius 3 is 2.79 bits per heavy atom. The van der Waals surface area contributed by atoms with Crippen LogP contribution in [0.1, 0.15) is 19.8 Å². The average Bonchev–Trinajstić information content (AvgIpc) is 2.81. The Morgan fingerprint density at radius 2 is 2.16 bits per heavy atom. The Morgan fingerprint density at radius 1 is 1.47 bits per heavy atom. The Labute approximate surface area is 117 Å². The number of nitrogens with zero attached hydrogens (tertiary/aromatic N) is 2. The van der Waals surface area contributed by atoms with Crippen LogP contribution in [0.4, 0.5) is 11.4 Å². The predicted molar refractivity (Wildman–Crippen MR) is 76.9 cm³/mol. The maximum atomic E-state index is 11.0. The number of hydrogen-bond donors (Lipinski definition) is 1. The lowest BCUT2D eigenvalue weighted by Crippen LogP contribution is -2.33. The molecule has 1 aromatic rings. The maximum Gasteiger partial charge on any atom is 0.310 e. The van der Waals surface area contributed by atoms with Crippen LogP contribution >= 0.6 is 11.6 Å². The van der Waals surface area contributed by atoms with Gasteiger partial charge < -0.3 is 10.2 Å². The predicted octanol–water partition coefficient (Wildman–Crippen LogP) is 3.14. The number of nitro benzene ring substituents is 1. The van der Waals surface area contributed by atoms with Crippen LogP contribution in [-0.2, 0) is 0 Å². The van der Waals surface area contributed by atoms with Crippen molar-refractivity contribution in [3.63, 3.8) is 0 Å². The summed E-state index contributed by atoms with van der Waals surface area (Å²) >= 11 is 5.89. The first-order valence-corrected chi connectivity index (χ1v) is 6.87. The highest BCUT2D eigenvalue weighted by Gasteiger charge is 2.21. The topological polar surface area (TPSA) is 58.4 Å². The SMILES string of the molecule is CC(CN1CCCC1)Nc1cccc(Cl)c1[N+](=O)[O-]. The van der Waals surface area contributed by atoms with Crippen LogP contribution < -0.4 is 5.32 Å². The van der Waals surface area contributed by atoms with E-state index in [2.05, 4.69) is 10.2 Å². The zero-order chi connectivity index (χ0) is 13.8. The lowest BCUT2D eigenvalue weighted by Gasteiger charge is -2.22. The molecule has 1 aliphatic heterocycles. The van der Waals surface area contributed by atoms with Crippen molar-refractivity contribution in [2.24, 2.45) is 0 Å². The van der Waals surface area contributed by atoms with E-state index < -0.39 is 4.92 Å². The van der Waals surface area contributed by atoms with Gasteiger partial charge >= 0.3 is 5.69 Å². The average molecular weight is 284 g/mol. The number of halogens is 1. The quantitative estimate of drug-likeness (QED) is 0.666. The minimum atomic E-state index is -0.437. The molecule has 1 heterocycles. The molecule has 0 aliphatic carbocycles. The Kier molecular flexibility index (Phi) is 4.61. The molecule has 0 spiro atoms. The van der Waals surface area contributed by atoms with Gasteiger partial charge in [-0.1, -0.05) is 17.7 Å². The van der Waals surface area contributed by atoms with E-state index in [-0.39, 0.29) is 16.8 Å². The van der Waals surface area contributed by atoms with Gasteiger partial charge in [0.05, 0.1) is 4.92 Å². The fraction of sp³-hybridized carbons (Fsp3) is 0.538. The first-order valence-electron chi connectivity index (χ1n) is 6.49. The van der Waals surface area contributed by atoms with Gasteiger partial charge in [-0.25, -0.2) is 0 Å². The van der Waals surface area contributed by atoms with E-state index in [1.807, 2.05) is 6.92 Å². The summed E-state index contributed by atoms with van der Waals surface area (Å²) in [6, 6.07) is 5.11. The molecule has 5 nitrogen and oxygen atoms in total. The van der Waals surface area contributed by atoms with Crippen molar-refractivity contribution in [1.29, 1.82) is 0 Å². The molecule has 1 atom stereocenters. The third kappa shape index (κ3) is 3.58. The van der Waals surface area contributed by atoms with Gasteiger partial charge in [0.2, 0.25) is 0 Å². The molecule has 0 amide bonds. The van der Waals surface area contributed by atoms with Crippen molar-refractivity contribution in [2.75, 3.05) is 25.0 Å². The largest absolute Gasteiger partial charge is 0.376 e. The smallest absolute Gasteiger partial charge is 0.310 e. The van der Waals surface area contributed by atoms with Gasteiger partial charge in [0, 0.05) is 12.6 Å². The summed E-state index contributed by atoms with van der Waals surface area (Å²) < 4.78 is 0. The Hall–Kier alpha value is -1.33. The molecule has 2 rings (SSSR count). The van der Waals surface area contributed by atoms with Gasteiger partial charge in [-0.2, -0.15) is 0 Å². The van der Waals surface area contributed by atoms with Crippen LogP contribution in [0.3, 0.4) is 0 Å². The third-order valence-corrected chi connectivity index (χ3v) is 3.61. The van der Waals surface area contributed by atoms with E-state index in [9.17, 15) is 10.1 Å². The zero-order valence-corrected chi connectivity index (χ0v) is 11.7. The van der Waals surface area contributed by atoms with Gasteiger partial charge in [0.25, 0.3) is 0 Å². The Bertz CT molecular complexity index is 461. The van der Waals surface area contributed by atoms with Crippen LogP contribution in [-0.4, -0.2) is 35.5 Å². The molecular weight excluding hydrogens is 266 g/mol. The van der Waals surface area contributed by atoms with Crippen molar-refractivity contribution in [3.8, 4) is 0 Å². The highest BCUT2D eigenvalue weighted by atomic mass is 35.5. The van der Waals surface area contributed by atoms with Gasteiger partial charge in [0.15, 0.2) is 0 Å². The van der Waals surface area contributed by atoms with E-state index in [0.717, 1.165) is 19.6 Å². The van der Waals surface area contributed by atoms with E-state index in [1.54, 1.807) is 12.1 Å². The highest BCUT2D eigenvalue weighted by Crippen LogP contribution is 2.32. The molecule has 19 heavy (non-hydrogen) atoms. The molecule has 0 saturated carbocycles. The lowest BCUT2D eigenvalue weighted by atomic mass is 10.2. The first kappa shape index (κ1) is 14.1. The van der Waals surface area contributed by atoms with Gasteiger partial charge in [-0.3, -0.25) is 10.1 Å². The van der Waals surface area contributed by atoms with Crippen molar-refractivity contribution in [1.82, 2.24) is 4.90 Å². The van der Waals surface area contributed by atoms with Gasteiger partial charge in [-0.05, 0) is 45.0 Å². The highest BCUT2D eigenvalue weighted by molar-refractivity contribution is 6.33. The maximum absolute atomic E-state index is 11.0. The van der Waals surface area contributed by atoms with E-state index >= 15 is 0 Å². The minimum Gasteiger partial charge on any atom is -0.376 e. The summed E-state index contributed by atoms with van der Waals surface area (Å²) in [5.74, 6) is 0. The van der Waals surface area contributed by atoms with Crippen molar-refractivity contribution >= 4 is 23.0 Å². The second-order valence-electron chi connectivity index (χ2n) is 4.95. The number of hydrogen-bond acceptors (Lipinski definition) is 4. The standard InChI is InChI=1S/C13H18ClN3O2/c1-10(9-16-7-2-3-8-16)15-12-6-4-5-11(14)13(12)17(18)19/h4-6,10,15H,2-3,7-9H2,1H3. The monoisotopic (exact) mass is 283 g/mol. The van der Waals surface area contributed by atoms with E-state index in [4.69, 9.17) is 11.6 Å². The number of likely N-dealkylation sites (tertiary alicyclic amines) is 1. The molecule has 104 valence electrons. The summed E-state index contributed by atoms with van der Waals surface area (Å²) in [6.07, 6.45) is 2.48. The fourth-order valence-corrected chi connectivity index (χ4v) is 2.72. The molecule has 1 N–H and O–H groups in total. The second-order valence-corrected chi connectivity index (χ2v) is 5.35. The van der Waals surface area contributed by atoms with Crippen LogP contribution in [0.15, 0.2) is 18.2 Å². The summed E-state index contributed by atoms with van der Waals surface area (Å²) in [5, 5.41) is 14.4. The zero-order valence-electron chi connectivity index (χ0n) is 10.9. The first-order chi connectivity index (χ1) is 9.08. The van der Waals surface area contributed by atoms with Crippen LogP contribution in [0.2, 0.25) is 5.02 Å². The van der Waals surface area contributed by atoms with E-state index in [1.165, 1.54) is 18.9 Å². The number of rotatable bonds is 5. The summed E-state index contributed by atoms with van der Waals surface area (Å²) in [4.78, 5) is 13.0. The Balaban J connectivity index is 2.05. The molecule has 1 saturated heterocycles. The van der Waals surface area contributed by atoms with Crippen LogP contribution in [0, 0.1) is 10.1 Å². The normalized spacial score (nSPS) is 17.4. The number of nitrogens with one attached hydrogen (secondary N) is 1. The second kappa shape index (κ2) is 6.21. The molecule has 0 aromatic heterocycles. The third-order valence-electron chi connectivity index (χ3n) is 3.30. The van der Waals surface area contributed by atoms with Crippen molar-refractivity contribution in [2.45, 2.75) is 25.8 Å². The van der Waals surface area contributed by atoms with Crippen molar-refractivity contribution in [3.05, 3.63) is 33.3 Å². The number of benzene rings is 1. The molecule has 1 fully saturated rings. The molecule has 1 aliphatic rings. The van der Waals surface area contributed by atoms with Gasteiger partial charge in [0.1, 0.15) is 10.7 Å². The number of nitro groups is 1. The summed E-state index contributed by atoms with van der Waals surface area (Å²) in [6.45, 7) is 5.15.